The fraction of sp³-hybridized carbons (Fsp3) is 0.562. The average Bonchev–Trinajstić information content (AvgIpc) is 2.47. The Balaban J connectivity index is 2.41. The Morgan fingerprint density at radius 3 is 2.50 bits per heavy atom. The van der Waals surface area contributed by atoms with E-state index in [1.807, 2.05) is 32.2 Å². The topological polar surface area (TPSA) is 44.4 Å². The fourth-order valence-corrected chi connectivity index (χ4v) is 2.23. The Labute approximate surface area is 122 Å². The smallest absolute Gasteiger partial charge is 0.251 e. The zero-order valence-electron chi connectivity index (χ0n) is 13.1. The molecule has 1 aromatic carbocycles. The van der Waals surface area contributed by atoms with E-state index in [0.29, 0.717) is 0 Å². The molecule has 112 valence electrons. The highest BCUT2D eigenvalue weighted by atomic mass is 16.1. The third-order valence-corrected chi connectivity index (χ3v) is 3.59. The van der Waals surface area contributed by atoms with E-state index in [2.05, 4.69) is 29.4 Å². The number of benzene rings is 1. The van der Waals surface area contributed by atoms with Gasteiger partial charge in [-0.05, 0) is 56.7 Å². The maximum atomic E-state index is 12.0. The molecule has 0 aliphatic rings. The predicted octanol–water partition coefficient (Wildman–Crippen LogP) is 2.50. The summed E-state index contributed by atoms with van der Waals surface area (Å²) < 4.78 is 0. The Hall–Kier alpha value is -1.55. The molecule has 0 unspecified atom stereocenters. The summed E-state index contributed by atoms with van der Waals surface area (Å²) in [6.07, 6.45) is 0.987. The van der Waals surface area contributed by atoms with Crippen molar-refractivity contribution in [2.24, 2.45) is 0 Å². The first kappa shape index (κ1) is 16.5. The van der Waals surface area contributed by atoms with Gasteiger partial charge < -0.3 is 15.5 Å². The summed E-state index contributed by atoms with van der Waals surface area (Å²) >= 11 is 0. The highest BCUT2D eigenvalue weighted by Crippen LogP contribution is 2.15. The summed E-state index contributed by atoms with van der Waals surface area (Å²) in [5.74, 6) is 0.00954. The van der Waals surface area contributed by atoms with Gasteiger partial charge in [0.1, 0.15) is 0 Å². The molecule has 0 aliphatic heterocycles. The van der Waals surface area contributed by atoms with Crippen LogP contribution in [0.25, 0.3) is 0 Å². The lowest BCUT2D eigenvalue weighted by Crippen LogP contribution is -2.29. The second kappa shape index (κ2) is 8.59. The molecule has 0 bridgehead atoms. The zero-order chi connectivity index (χ0) is 15.0. The van der Waals surface area contributed by atoms with E-state index in [0.717, 1.165) is 49.4 Å². The number of aryl methyl sites for hydroxylation is 1. The lowest BCUT2D eigenvalue weighted by atomic mass is 10.1. The van der Waals surface area contributed by atoms with Crippen LogP contribution in [-0.2, 0) is 0 Å². The molecule has 4 nitrogen and oxygen atoms in total. The first-order valence-electron chi connectivity index (χ1n) is 7.41. The van der Waals surface area contributed by atoms with Crippen molar-refractivity contribution in [3.8, 4) is 0 Å². The molecule has 0 aliphatic carbocycles. The summed E-state index contributed by atoms with van der Waals surface area (Å²) in [5.41, 5.74) is 2.87. The van der Waals surface area contributed by atoms with Crippen LogP contribution in [0.5, 0.6) is 0 Å². The van der Waals surface area contributed by atoms with Gasteiger partial charge in [-0.15, -0.1) is 0 Å². The molecular formula is C16H27N3O. The summed E-state index contributed by atoms with van der Waals surface area (Å²) in [4.78, 5) is 14.4. The minimum absolute atomic E-state index is 0.00954. The number of amides is 1. The number of nitrogens with one attached hydrogen (secondary N) is 2. The van der Waals surface area contributed by atoms with Crippen molar-refractivity contribution >= 4 is 11.6 Å². The van der Waals surface area contributed by atoms with Crippen LogP contribution in [0.15, 0.2) is 18.2 Å². The minimum atomic E-state index is 0.00954. The van der Waals surface area contributed by atoms with Crippen molar-refractivity contribution in [2.75, 3.05) is 38.5 Å². The van der Waals surface area contributed by atoms with Crippen LogP contribution in [0, 0.1) is 6.92 Å². The van der Waals surface area contributed by atoms with Gasteiger partial charge in [0.25, 0.3) is 5.91 Å². The summed E-state index contributed by atoms with van der Waals surface area (Å²) in [7, 11) is 1.88. The van der Waals surface area contributed by atoms with Crippen molar-refractivity contribution in [2.45, 2.75) is 27.2 Å². The Kier molecular flexibility index (Phi) is 7.09. The number of anilines is 1. The van der Waals surface area contributed by atoms with Gasteiger partial charge in [-0.1, -0.05) is 13.8 Å². The van der Waals surface area contributed by atoms with Gasteiger partial charge in [0, 0.05) is 24.8 Å². The number of hydrogen-bond donors (Lipinski definition) is 2. The molecule has 0 saturated carbocycles. The molecule has 2 N–H and O–H groups in total. The predicted molar refractivity (Wildman–Crippen MR) is 85.5 cm³/mol. The van der Waals surface area contributed by atoms with Gasteiger partial charge in [-0.3, -0.25) is 4.79 Å². The molecule has 0 radical (unpaired) electrons. The third-order valence-electron chi connectivity index (χ3n) is 3.59. The normalized spacial score (nSPS) is 10.7. The third kappa shape index (κ3) is 4.85. The molecule has 4 heteroatoms. The monoisotopic (exact) mass is 277 g/mol. The minimum Gasteiger partial charge on any atom is -0.388 e. The molecule has 0 aromatic heterocycles. The summed E-state index contributed by atoms with van der Waals surface area (Å²) in [6.45, 7) is 10.2. The van der Waals surface area contributed by atoms with E-state index >= 15 is 0 Å². The van der Waals surface area contributed by atoms with Gasteiger partial charge in [-0.2, -0.15) is 0 Å². The van der Waals surface area contributed by atoms with E-state index in [4.69, 9.17) is 0 Å². The molecule has 0 atom stereocenters. The van der Waals surface area contributed by atoms with Gasteiger partial charge >= 0.3 is 0 Å². The van der Waals surface area contributed by atoms with Crippen LogP contribution in [0.3, 0.4) is 0 Å². The number of carbonyl (C=O) groups excluding carboxylic acids is 1. The Morgan fingerprint density at radius 2 is 1.95 bits per heavy atom. The largest absolute Gasteiger partial charge is 0.388 e. The molecule has 1 aromatic rings. The molecule has 0 spiro atoms. The summed E-state index contributed by atoms with van der Waals surface area (Å²) in [5, 5.41) is 6.08. The number of carbonyl (C=O) groups is 1. The van der Waals surface area contributed by atoms with Crippen molar-refractivity contribution in [1.29, 1.82) is 0 Å². The van der Waals surface area contributed by atoms with Gasteiger partial charge in [0.2, 0.25) is 0 Å². The molecule has 1 amide bonds. The molecule has 0 saturated heterocycles. The van der Waals surface area contributed by atoms with E-state index in [1.165, 1.54) is 0 Å². The van der Waals surface area contributed by atoms with Crippen LogP contribution < -0.4 is 10.6 Å². The van der Waals surface area contributed by atoms with Crippen LogP contribution in [0.1, 0.15) is 36.2 Å². The van der Waals surface area contributed by atoms with E-state index in [-0.39, 0.29) is 5.91 Å². The van der Waals surface area contributed by atoms with Crippen LogP contribution >= 0.6 is 0 Å². The Bertz CT molecular complexity index is 428. The van der Waals surface area contributed by atoms with E-state index in [9.17, 15) is 4.79 Å². The van der Waals surface area contributed by atoms with E-state index < -0.39 is 0 Å². The lowest BCUT2D eigenvalue weighted by molar-refractivity contribution is 0.0952. The maximum Gasteiger partial charge on any atom is 0.251 e. The average molecular weight is 277 g/mol. The first-order chi connectivity index (χ1) is 9.62. The zero-order valence-corrected chi connectivity index (χ0v) is 13.1. The standard InChI is InChI=1S/C16H27N3O/c1-5-19(6-2)11-7-10-18-16(20)14-8-9-15(17-4)13(3)12-14/h8-9,12,17H,5-7,10-11H2,1-4H3,(H,18,20). The molecule has 1 rings (SSSR count). The van der Waals surface area contributed by atoms with Crippen molar-refractivity contribution in [1.82, 2.24) is 10.2 Å². The van der Waals surface area contributed by atoms with Crippen LogP contribution in [0.4, 0.5) is 5.69 Å². The van der Waals surface area contributed by atoms with Crippen LogP contribution in [0.2, 0.25) is 0 Å². The van der Waals surface area contributed by atoms with Crippen molar-refractivity contribution in [3.05, 3.63) is 29.3 Å². The lowest BCUT2D eigenvalue weighted by Gasteiger charge is -2.17. The van der Waals surface area contributed by atoms with Gasteiger partial charge in [-0.25, -0.2) is 0 Å². The highest BCUT2D eigenvalue weighted by molar-refractivity contribution is 5.94. The number of hydrogen-bond acceptors (Lipinski definition) is 3. The molecule has 0 heterocycles. The fourth-order valence-electron chi connectivity index (χ4n) is 2.23. The quantitative estimate of drug-likeness (QED) is 0.718. The molecule has 0 fully saturated rings. The van der Waals surface area contributed by atoms with Gasteiger partial charge in [0.05, 0.1) is 0 Å². The molecule has 20 heavy (non-hydrogen) atoms. The second-order valence-corrected chi connectivity index (χ2v) is 4.92. The first-order valence-corrected chi connectivity index (χ1v) is 7.41. The van der Waals surface area contributed by atoms with Crippen LogP contribution in [-0.4, -0.2) is 44.0 Å². The second-order valence-electron chi connectivity index (χ2n) is 4.92. The maximum absolute atomic E-state index is 12.0. The molecular weight excluding hydrogens is 250 g/mol. The van der Waals surface area contributed by atoms with Crippen molar-refractivity contribution < 1.29 is 4.79 Å². The van der Waals surface area contributed by atoms with Gasteiger partial charge in [0.15, 0.2) is 0 Å². The number of rotatable bonds is 8. The highest BCUT2D eigenvalue weighted by Gasteiger charge is 2.07. The Morgan fingerprint density at radius 1 is 1.25 bits per heavy atom. The SMILES string of the molecule is CCN(CC)CCCNC(=O)c1ccc(NC)c(C)c1. The number of nitrogens with zero attached hydrogens (tertiary/aromatic N) is 1. The van der Waals surface area contributed by atoms with E-state index in [1.54, 1.807) is 0 Å². The van der Waals surface area contributed by atoms with Crippen molar-refractivity contribution in [3.63, 3.8) is 0 Å². The summed E-state index contributed by atoms with van der Waals surface area (Å²) in [6, 6.07) is 5.73.